The van der Waals surface area contributed by atoms with Crippen LogP contribution in [0, 0.1) is 10.1 Å². The number of nitro groups is 1. The second kappa shape index (κ2) is 4.47. The highest BCUT2D eigenvalue weighted by Crippen LogP contribution is 2.29. The number of halogens is 3. The van der Waals surface area contributed by atoms with Crippen LogP contribution in [-0.4, -0.2) is 34.5 Å². The molecule has 13 heteroatoms. The van der Waals surface area contributed by atoms with Gasteiger partial charge in [-0.3, -0.25) is 14.8 Å². The van der Waals surface area contributed by atoms with Crippen LogP contribution in [0.4, 0.5) is 18.9 Å². The topological polar surface area (TPSA) is 104 Å². The van der Waals surface area contributed by atoms with Crippen LogP contribution in [0.15, 0.2) is 12.4 Å². The molecule has 21 heavy (non-hydrogen) atoms. The van der Waals surface area contributed by atoms with E-state index in [4.69, 9.17) is 0 Å². The molecule has 0 aliphatic carbocycles. The lowest BCUT2D eigenvalue weighted by atomic mass is 10.6. The Morgan fingerprint density at radius 1 is 1.38 bits per heavy atom. The Morgan fingerprint density at radius 2 is 2.14 bits per heavy atom. The zero-order valence-corrected chi connectivity index (χ0v) is 10.7. The Balaban J connectivity index is 1.91. The zero-order valence-electron chi connectivity index (χ0n) is 9.85. The van der Waals surface area contributed by atoms with E-state index in [0.717, 1.165) is 23.7 Å². The third-order valence-electron chi connectivity index (χ3n) is 2.41. The molecular formula is C8H4F3N7O2S. The number of aromatic nitrogens is 6. The highest BCUT2D eigenvalue weighted by molar-refractivity contribution is 7.16. The van der Waals surface area contributed by atoms with Crippen LogP contribution in [0.5, 0.6) is 0 Å². The Bertz CT molecular complexity index is 819. The fourth-order valence-electron chi connectivity index (χ4n) is 1.57. The molecule has 0 aromatic carbocycles. The molecule has 0 saturated heterocycles. The first-order valence-electron chi connectivity index (χ1n) is 5.30. The maximum atomic E-state index is 12.6. The predicted molar refractivity (Wildman–Crippen MR) is 61.6 cm³/mol. The standard InChI is InChI=1S/C8H4F3N7O2S/c9-8(10,11)6-13-14-7-17(6)15-5(21-7)3-16-2-4(1-12-16)18(19)20/h1-2H,3H2. The summed E-state index contributed by atoms with van der Waals surface area (Å²) in [7, 11) is 0. The van der Waals surface area contributed by atoms with Gasteiger partial charge in [0, 0.05) is 0 Å². The summed E-state index contributed by atoms with van der Waals surface area (Å²) in [6.45, 7) is -0.000830. The van der Waals surface area contributed by atoms with E-state index >= 15 is 0 Å². The van der Waals surface area contributed by atoms with Crippen molar-refractivity contribution < 1.29 is 18.1 Å². The fraction of sp³-hybridized carbons (Fsp3) is 0.250. The van der Waals surface area contributed by atoms with Crippen LogP contribution >= 0.6 is 11.3 Å². The van der Waals surface area contributed by atoms with Crippen LogP contribution in [0.3, 0.4) is 0 Å². The van der Waals surface area contributed by atoms with E-state index in [1.54, 1.807) is 0 Å². The maximum Gasteiger partial charge on any atom is 0.453 e. The summed E-state index contributed by atoms with van der Waals surface area (Å²) in [6.07, 6.45) is -2.45. The monoisotopic (exact) mass is 319 g/mol. The number of hydrogen-bond donors (Lipinski definition) is 0. The molecule has 0 atom stereocenters. The summed E-state index contributed by atoms with van der Waals surface area (Å²) < 4.78 is 39.7. The summed E-state index contributed by atoms with van der Waals surface area (Å²) in [4.78, 5) is 9.88. The fourth-order valence-corrected chi connectivity index (χ4v) is 2.39. The lowest BCUT2D eigenvalue weighted by Gasteiger charge is -2.00. The quantitative estimate of drug-likeness (QED) is 0.533. The zero-order chi connectivity index (χ0) is 15.2. The minimum atomic E-state index is -4.66. The van der Waals surface area contributed by atoms with E-state index in [0.29, 0.717) is 4.52 Å². The van der Waals surface area contributed by atoms with Crippen molar-refractivity contribution in [3.8, 4) is 0 Å². The summed E-state index contributed by atoms with van der Waals surface area (Å²) in [5.41, 5.74) is -0.214. The van der Waals surface area contributed by atoms with Crippen LogP contribution in [0.25, 0.3) is 4.96 Å². The molecule has 3 aromatic heterocycles. The van der Waals surface area contributed by atoms with E-state index in [9.17, 15) is 23.3 Å². The average molecular weight is 319 g/mol. The molecule has 3 heterocycles. The second-order valence-electron chi connectivity index (χ2n) is 3.86. The third-order valence-corrected chi connectivity index (χ3v) is 3.30. The van der Waals surface area contributed by atoms with Gasteiger partial charge in [-0.1, -0.05) is 11.3 Å². The lowest BCUT2D eigenvalue weighted by Crippen LogP contribution is -2.12. The van der Waals surface area contributed by atoms with E-state index in [-0.39, 0.29) is 22.2 Å². The summed E-state index contributed by atoms with van der Waals surface area (Å²) in [5.74, 6) is -1.22. The first kappa shape index (κ1) is 13.4. The maximum absolute atomic E-state index is 12.6. The van der Waals surface area contributed by atoms with Crippen molar-refractivity contribution in [2.75, 3.05) is 0 Å². The van der Waals surface area contributed by atoms with Crippen LogP contribution in [0.1, 0.15) is 10.8 Å². The van der Waals surface area contributed by atoms with Crippen molar-refractivity contribution in [1.29, 1.82) is 0 Å². The van der Waals surface area contributed by atoms with Crippen molar-refractivity contribution in [2.45, 2.75) is 12.7 Å². The Labute approximate surface area is 116 Å². The molecule has 0 N–H and O–H groups in total. The van der Waals surface area contributed by atoms with Gasteiger partial charge in [-0.25, -0.2) is 0 Å². The van der Waals surface area contributed by atoms with Crippen molar-refractivity contribution in [3.05, 3.63) is 33.3 Å². The number of alkyl halides is 3. The second-order valence-corrected chi connectivity index (χ2v) is 4.91. The van der Waals surface area contributed by atoms with Crippen LogP contribution < -0.4 is 0 Å². The smallest absolute Gasteiger partial charge is 0.259 e. The molecule has 0 radical (unpaired) electrons. The van der Waals surface area contributed by atoms with Crippen LogP contribution in [-0.2, 0) is 12.7 Å². The Morgan fingerprint density at radius 3 is 2.76 bits per heavy atom. The van der Waals surface area contributed by atoms with Crippen LogP contribution in [0.2, 0.25) is 0 Å². The van der Waals surface area contributed by atoms with Crippen molar-refractivity contribution in [3.63, 3.8) is 0 Å². The molecule has 3 aromatic rings. The van der Waals surface area contributed by atoms with Gasteiger partial charge in [0.1, 0.15) is 17.4 Å². The largest absolute Gasteiger partial charge is 0.453 e. The molecular weight excluding hydrogens is 315 g/mol. The SMILES string of the molecule is O=[N+]([O-])c1cnn(Cc2nn3c(C(F)(F)F)nnc3s2)c1. The molecule has 0 aliphatic rings. The summed E-state index contributed by atoms with van der Waals surface area (Å²) in [5, 5.41) is 24.7. The number of rotatable bonds is 3. The third kappa shape index (κ3) is 2.42. The highest BCUT2D eigenvalue weighted by Gasteiger charge is 2.38. The van der Waals surface area contributed by atoms with E-state index < -0.39 is 16.9 Å². The average Bonchev–Trinajstić information content (AvgIpc) is 3.01. The molecule has 3 rings (SSSR count). The minimum absolute atomic E-state index is 0.000830. The van der Waals surface area contributed by atoms with Gasteiger partial charge < -0.3 is 0 Å². The Kier molecular flexibility index (Phi) is 2.86. The molecule has 110 valence electrons. The lowest BCUT2D eigenvalue weighted by molar-refractivity contribution is -0.385. The van der Waals surface area contributed by atoms with E-state index in [1.165, 1.54) is 4.68 Å². The molecule has 0 fully saturated rings. The van der Waals surface area contributed by atoms with Gasteiger partial charge in [-0.05, 0) is 0 Å². The van der Waals surface area contributed by atoms with Gasteiger partial charge >= 0.3 is 11.9 Å². The number of nitrogens with zero attached hydrogens (tertiary/aromatic N) is 7. The summed E-state index contributed by atoms with van der Waals surface area (Å²) in [6, 6.07) is 0. The van der Waals surface area contributed by atoms with Gasteiger partial charge in [0.05, 0.1) is 11.5 Å². The molecule has 0 aliphatic heterocycles. The predicted octanol–water partition coefficient (Wildman–Crippen LogP) is 1.36. The van der Waals surface area contributed by atoms with Crippen molar-refractivity contribution in [2.24, 2.45) is 0 Å². The van der Waals surface area contributed by atoms with Gasteiger partial charge in [0.2, 0.25) is 4.96 Å². The normalized spacial score (nSPS) is 12.1. The Hall–Kier alpha value is -2.57. The van der Waals surface area contributed by atoms with Crippen molar-refractivity contribution in [1.82, 2.24) is 29.6 Å². The molecule has 0 bridgehead atoms. The van der Waals surface area contributed by atoms with Gasteiger partial charge in [-0.2, -0.15) is 27.9 Å². The van der Waals surface area contributed by atoms with Crippen molar-refractivity contribution >= 4 is 22.0 Å². The molecule has 9 nitrogen and oxygen atoms in total. The number of hydrogen-bond acceptors (Lipinski definition) is 7. The van der Waals surface area contributed by atoms with E-state index in [1.807, 2.05) is 0 Å². The first-order valence-corrected chi connectivity index (χ1v) is 6.11. The van der Waals surface area contributed by atoms with Gasteiger partial charge in [-0.15, -0.1) is 10.2 Å². The molecule has 0 spiro atoms. The van der Waals surface area contributed by atoms with E-state index in [2.05, 4.69) is 20.4 Å². The first-order chi connectivity index (χ1) is 9.84. The summed E-state index contributed by atoms with van der Waals surface area (Å²) >= 11 is 0.894. The number of fused-ring (bicyclic) bond motifs is 1. The molecule has 0 saturated carbocycles. The molecule has 0 amide bonds. The minimum Gasteiger partial charge on any atom is -0.259 e. The molecule has 0 unspecified atom stereocenters. The van der Waals surface area contributed by atoms with Gasteiger partial charge in [0.15, 0.2) is 0 Å². The van der Waals surface area contributed by atoms with Gasteiger partial charge in [0.25, 0.3) is 5.82 Å². The highest BCUT2D eigenvalue weighted by atomic mass is 32.1.